The van der Waals surface area contributed by atoms with Gasteiger partial charge in [0, 0.05) is 25.0 Å². The van der Waals surface area contributed by atoms with Gasteiger partial charge in [-0.1, -0.05) is 25.1 Å². The number of nitrogens with one attached hydrogen (secondary N) is 1. The third kappa shape index (κ3) is 3.45. The number of anilines is 2. The number of hydrogen-bond acceptors (Lipinski definition) is 3. The molecule has 4 nitrogen and oxygen atoms in total. The van der Waals surface area contributed by atoms with Gasteiger partial charge in [0.2, 0.25) is 0 Å². The second-order valence-corrected chi connectivity index (χ2v) is 5.92. The number of pyridine rings is 1. The molecule has 1 N–H and O–H groups in total. The van der Waals surface area contributed by atoms with Crippen molar-refractivity contribution in [3.63, 3.8) is 0 Å². The van der Waals surface area contributed by atoms with E-state index in [0.29, 0.717) is 5.56 Å². The summed E-state index contributed by atoms with van der Waals surface area (Å²) in [7, 11) is 0. The first-order chi connectivity index (χ1) is 10.7. The molecule has 1 fully saturated rings. The van der Waals surface area contributed by atoms with E-state index >= 15 is 0 Å². The molecule has 1 saturated heterocycles. The molecule has 0 atom stereocenters. The van der Waals surface area contributed by atoms with Crippen LogP contribution in [0.4, 0.5) is 11.4 Å². The minimum atomic E-state index is -0.120. The van der Waals surface area contributed by atoms with Gasteiger partial charge < -0.3 is 10.2 Å². The minimum Gasteiger partial charge on any atom is -0.370 e. The van der Waals surface area contributed by atoms with Crippen molar-refractivity contribution < 1.29 is 4.79 Å². The van der Waals surface area contributed by atoms with Crippen molar-refractivity contribution in [3.8, 4) is 0 Å². The molecular formula is C18H21N3O. The number of carbonyl (C=O) groups excluding carboxylic acids is 1. The van der Waals surface area contributed by atoms with E-state index in [-0.39, 0.29) is 5.91 Å². The fourth-order valence-electron chi connectivity index (χ4n) is 2.72. The smallest absolute Gasteiger partial charge is 0.257 e. The summed E-state index contributed by atoms with van der Waals surface area (Å²) in [5.41, 5.74) is 2.43. The van der Waals surface area contributed by atoms with Crippen LogP contribution in [0.5, 0.6) is 0 Å². The van der Waals surface area contributed by atoms with Crippen molar-refractivity contribution in [2.24, 2.45) is 5.92 Å². The molecule has 0 unspecified atom stereocenters. The Kier molecular flexibility index (Phi) is 4.37. The van der Waals surface area contributed by atoms with Crippen LogP contribution in [-0.2, 0) is 0 Å². The van der Waals surface area contributed by atoms with Gasteiger partial charge in [0.15, 0.2) is 0 Å². The van der Waals surface area contributed by atoms with Crippen LogP contribution in [0.1, 0.15) is 30.1 Å². The Morgan fingerprint density at radius 3 is 2.64 bits per heavy atom. The zero-order valence-electron chi connectivity index (χ0n) is 12.8. The van der Waals surface area contributed by atoms with Gasteiger partial charge in [0.05, 0.1) is 17.4 Å². The molecule has 1 aliphatic rings. The molecule has 0 radical (unpaired) electrons. The van der Waals surface area contributed by atoms with Crippen LogP contribution >= 0.6 is 0 Å². The number of hydrogen-bond donors (Lipinski definition) is 1. The molecule has 114 valence electrons. The third-order valence-electron chi connectivity index (χ3n) is 4.17. The monoisotopic (exact) mass is 295 g/mol. The van der Waals surface area contributed by atoms with Crippen LogP contribution in [0, 0.1) is 5.92 Å². The Hall–Kier alpha value is -2.36. The van der Waals surface area contributed by atoms with Crippen molar-refractivity contribution >= 4 is 17.3 Å². The molecule has 0 bridgehead atoms. The van der Waals surface area contributed by atoms with Crippen LogP contribution in [0.2, 0.25) is 0 Å². The van der Waals surface area contributed by atoms with Gasteiger partial charge in [-0.2, -0.15) is 0 Å². The second kappa shape index (κ2) is 6.60. The highest BCUT2D eigenvalue weighted by Crippen LogP contribution is 2.23. The maximum Gasteiger partial charge on any atom is 0.257 e. The van der Waals surface area contributed by atoms with Crippen molar-refractivity contribution in [2.75, 3.05) is 23.3 Å². The number of aromatic nitrogens is 1. The Balaban J connectivity index is 1.72. The van der Waals surface area contributed by atoms with E-state index < -0.39 is 0 Å². The maximum absolute atomic E-state index is 12.3. The van der Waals surface area contributed by atoms with Gasteiger partial charge in [0.25, 0.3) is 5.91 Å². The lowest BCUT2D eigenvalue weighted by atomic mass is 9.99. The summed E-state index contributed by atoms with van der Waals surface area (Å²) in [6.07, 6.45) is 5.85. The van der Waals surface area contributed by atoms with Crippen LogP contribution in [0.15, 0.2) is 48.8 Å². The average Bonchev–Trinajstić information content (AvgIpc) is 2.56. The van der Waals surface area contributed by atoms with Gasteiger partial charge in [-0.15, -0.1) is 0 Å². The summed E-state index contributed by atoms with van der Waals surface area (Å²) in [6, 6.07) is 11.4. The quantitative estimate of drug-likeness (QED) is 0.941. The van der Waals surface area contributed by atoms with Gasteiger partial charge in [-0.3, -0.25) is 9.78 Å². The lowest BCUT2D eigenvalue weighted by Crippen LogP contribution is -2.33. The van der Waals surface area contributed by atoms with E-state index in [9.17, 15) is 4.79 Å². The van der Waals surface area contributed by atoms with E-state index in [1.54, 1.807) is 6.20 Å². The molecule has 2 aromatic rings. The van der Waals surface area contributed by atoms with Crippen molar-refractivity contribution in [1.29, 1.82) is 0 Å². The number of piperidine rings is 1. The molecule has 1 aromatic carbocycles. The SMILES string of the molecule is CC1CCN(c2cncc(C(=O)Nc3ccccc3)c2)CC1. The molecule has 0 spiro atoms. The zero-order valence-corrected chi connectivity index (χ0v) is 12.8. The van der Waals surface area contributed by atoms with Crippen LogP contribution in [0.3, 0.4) is 0 Å². The van der Waals surface area contributed by atoms with Crippen LogP contribution < -0.4 is 10.2 Å². The largest absolute Gasteiger partial charge is 0.370 e. The topological polar surface area (TPSA) is 45.2 Å². The lowest BCUT2D eigenvalue weighted by Gasteiger charge is -2.32. The molecule has 22 heavy (non-hydrogen) atoms. The van der Waals surface area contributed by atoms with Crippen molar-refractivity contribution in [3.05, 3.63) is 54.4 Å². The minimum absolute atomic E-state index is 0.120. The van der Waals surface area contributed by atoms with Crippen molar-refractivity contribution in [2.45, 2.75) is 19.8 Å². The third-order valence-corrected chi connectivity index (χ3v) is 4.17. The van der Waals surface area contributed by atoms with E-state index in [2.05, 4.69) is 22.1 Å². The number of rotatable bonds is 3. The zero-order chi connectivity index (χ0) is 15.4. The highest BCUT2D eigenvalue weighted by molar-refractivity contribution is 6.04. The van der Waals surface area contributed by atoms with Crippen LogP contribution in [-0.4, -0.2) is 24.0 Å². The highest BCUT2D eigenvalue weighted by Gasteiger charge is 2.17. The van der Waals surface area contributed by atoms with Gasteiger partial charge in [0.1, 0.15) is 0 Å². The highest BCUT2D eigenvalue weighted by atomic mass is 16.1. The molecule has 4 heteroatoms. The Labute approximate surface area is 131 Å². The fourth-order valence-corrected chi connectivity index (χ4v) is 2.72. The molecule has 0 saturated carbocycles. The molecule has 3 rings (SSSR count). The summed E-state index contributed by atoms with van der Waals surface area (Å²) >= 11 is 0. The molecule has 1 amide bonds. The Morgan fingerprint density at radius 1 is 1.18 bits per heavy atom. The van der Waals surface area contributed by atoms with E-state index in [1.807, 2.05) is 42.6 Å². The molecule has 1 aliphatic heterocycles. The first-order valence-corrected chi connectivity index (χ1v) is 7.79. The first-order valence-electron chi connectivity index (χ1n) is 7.79. The fraction of sp³-hybridized carbons (Fsp3) is 0.333. The summed E-state index contributed by atoms with van der Waals surface area (Å²) in [4.78, 5) is 18.9. The molecule has 1 aromatic heterocycles. The second-order valence-electron chi connectivity index (χ2n) is 5.92. The molecular weight excluding hydrogens is 274 g/mol. The number of amides is 1. The van der Waals surface area contributed by atoms with Gasteiger partial charge in [-0.25, -0.2) is 0 Å². The normalized spacial score (nSPS) is 15.6. The van der Waals surface area contributed by atoms with Crippen molar-refractivity contribution in [1.82, 2.24) is 4.98 Å². The first kappa shape index (κ1) is 14.6. The Morgan fingerprint density at radius 2 is 1.91 bits per heavy atom. The van der Waals surface area contributed by atoms with E-state index in [1.165, 1.54) is 12.8 Å². The van der Waals surface area contributed by atoms with Gasteiger partial charge in [-0.05, 0) is 37.0 Å². The summed E-state index contributed by atoms with van der Waals surface area (Å²) in [6.45, 7) is 4.36. The van der Waals surface area contributed by atoms with Crippen LogP contribution in [0.25, 0.3) is 0 Å². The molecule has 0 aliphatic carbocycles. The summed E-state index contributed by atoms with van der Waals surface area (Å²) < 4.78 is 0. The maximum atomic E-state index is 12.3. The van der Waals surface area contributed by atoms with E-state index in [4.69, 9.17) is 0 Å². The Bertz CT molecular complexity index is 634. The summed E-state index contributed by atoms with van der Waals surface area (Å²) in [5.74, 6) is 0.666. The van der Waals surface area contributed by atoms with Gasteiger partial charge >= 0.3 is 0 Å². The standard InChI is InChI=1S/C18H21N3O/c1-14-7-9-21(10-8-14)17-11-15(12-19-13-17)18(22)20-16-5-3-2-4-6-16/h2-6,11-14H,7-10H2,1H3,(H,20,22). The number of nitrogens with zero attached hydrogens (tertiary/aromatic N) is 2. The predicted molar refractivity (Wildman–Crippen MR) is 89.2 cm³/mol. The summed E-state index contributed by atoms with van der Waals surface area (Å²) in [5, 5.41) is 2.90. The predicted octanol–water partition coefficient (Wildman–Crippen LogP) is 3.57. The lowest BCUT2D eigenvalue weighted by molar-refractivity contribution is 0.102. The average molecular weight is 295 g/mol. The van der Waals surface area contributed by atoms with E-state index in [0.717, 1.165) is 30.4 Å². The number of benzene rings is 1. The molecule has 2 heterocycles. The number of para-hydroxylation sites is 1. The number of carbonyl (C=O) groups is 1.